The van der Waals surface area contributed by atoms with Crippen molar-refractivity contribution in [2.24, 2.45) is 0 Å². The molecular formula is C14H19N3O3S. The number of aromatic amines is 1. The van der Waals surface area contributed by atoms with Crippen molar-refractivity contribution in [1.82, 2.24) is 14.8 Å². The van der Waals surface area contributed by atoms with Gasteiger partial charge in [0.05, 0.1) is 13.2 Å². The molecule has 1 unspecified atom stereocenters. The summed E-state index contributed by atoms with van der Waals surface area (Å²) in [7, 11) is 1.56. The quantitative estimate of drug-likeness (QED) is 0.886. The molecule has 0 spiro atoms. The van der Waals surface area contributed by atoms with Crippen LogP contribution in [0.5, 0.6) is 5.75 Å². The number of hydrogen-bond donors (Lipinski definition) is 2. The van der Waals surface area contributed by atoms with Crippen LogP contribution in [0.3, 0.4) is 0 Å². The highest BCUT2D eigenvalue weighted by Gasteiger charge is 2.19. The van der Waals surface area contributed by atoms with Crippen LogP contribution in [0.25, 0.3) is 0 Å². The van der Waals surface area contributed by atoms with Crippen LogP contribution in [0, 0.1) is 0 Å². The lowest BCUT2D eigenvalue weighted by molar-refractivity contribution is 0.191. The van der Waals surface area contributed by atoms with Crippen molar-refractivity contribution >= 4 is 11.8 Å². The van der Waals surface area contributed by atoms with Crippen LogP contribution in [-0.4, -0.2) is 27.0 Å². The topological polar surface area (TPSA) is 80.1 Å². The summed E-state index contributed by atoms with van der Waals surface area (Å²) in [5.41, 5.74) is 0.449. The number of rotatable bonds is 5. The first-order valence-corrected chi connectivity index (χ1v) is 7.47. The number of H-pyrrole nitrogens is 1. The molecule has 2 rings (SSSR count). The van der Waals surface area contributed by atoms with Gasteiger partial charge in [-0.2, -0.15) is 0 Å². The summed E-state index contributed by atoms with van der Waals surface area (Å²) in [4.78, 5) is 12.6. The molecule has 0 saturated carbocycles. The van der Waals surface area contributed by atoms with Crippen molar-refractivity contribution in [3.8, 4) is 5.75 Å². The number of aromatic nitrogens is 3. The molecule has 1 aromatic carbocycles. The second-order valence-electron chi connectivity index (χ2n) is 4.93. The molecule has 0 aliphatic heterocycles. The lowest BCUT2D eigenvalue weighted by atomic mass is 10.1. The molecule has 0 radical (unpaired) electrons. The Labute approximate surface area is 127 Å². The van der Waals surface area contributed by atoms with E-state index in [2.05, 4.69) is 10.2 Å². The molecule has 1 aromatic heterocycles. The standard InChI is InChI=1S/C14H19N3O3S/c1-8(2)17-13(19)15-16-14(17)21-11-7-5-6-10(20-4)12(11)9(3)18/h5-9,18H,1-4H3,(H,15,19). The van der Waals surface area contributed by atoms with E-state index in [1.165, 1.54) is 11.8 Å². The third-order valence-electron chi connectivity index (χ3n) is 3.05. The summed E-state index contributed by atoms with van der Waals surface area (Å²) in [6.45, 7) is 5.52. The maximum atomic E-state index is 11.8. The van der Waals surface area contributed by atoms with E-state index >= 15 is 0 Å². The molecule has 7 heteroatoms. The van der Waals surface area contributed by atoms with Gasteiger partial charge in [0.25, 0.3) is 0 Å². The zero-order valence-corrected chi connectivity index (χ0v) is 13.3. The molecule has 0 amide bonds. The van der Waals surface area contributed by atoms with E-state index in [4.69, 9.17) is 4.74 Å². The minimum atomic E-state index is -0.679. The van der Waals surface area contributed by atoms with Crippen LogP contribution < -0.4 is 10.4 Å². The van der Waals surface area contributed by atoms with E-state index < -0.39 is 6.10 Å². The lowest BCUT2D eigenvalue weighted by Gasteiger charge is -2.16. The summed E-state index contributed by atoms with van der Waals surface area (Å²) in [5, 5.41) is 17.1. The van der Waals surface area contributed by atoms with Crippen LogP contribution in [0.4, 0.5) is 0 Å². The highest BCUT2D eigenvalue weighted by atomic mass is 32.2. The minimum absolute atomic E-state index is 0.000595. The molecule has 0 bridgehead atoms. The molecule has 2 N–H and O–H groups in total. The van der Waals surface area contributed by atoms with E-state index in [-0.39, 0.29) is 11.7 Å². The average Bonchev–Trinajstić information content (AvgIpc) is 2.79. The van der Waals surface area contributed by atoms with Gasteiger partial charge in [0.1, 0.15) is 5.75 Å². The van der Waals surface area contributed by atoms with E-state index in [1.807, 2.05) is 26.0 Å². The van der Waals surface area contributed by atoms with Crippen LogP contribution in [0.15, 0.2) is 33.0 Å². The van der Waals surface area contributed by atoms with E-state index in [9.17, 15) is 9.90 Å². The van der Waals surface area contributed by atoms with Crippen molar-refractivity contribution in [3.05, 3.63) is 34.2 Å². The van der Waals surface area contributed by atoms with Crippen molar-refractivity contribution in [1.29, 1.82) is 0 Å². The summed E-state index contributed by atoms with van der Waals surface area (Å²) >= 11 is 1.33. The smallest absolute Gasteiger partial charge is 0.344 e. The van der Waals surface area contributed by atoms with Gasteiger partial charge >= 0.3 is 5.69 Å². The van der Waals surface area contributed by atoms with Gasteiger partial charge in [0.15, 0.2) is 5.16 Å². The van der Waals surface area contributed by atoms with Crippen LogP contribution in [-0.2, 0) is 0 Å². The van der Waals surface area contributed by atoms with Gasteiger partial charge in [0, 0.05) is 16.5 Å². The predicted molar refractivity (Wildman–Crippen MR) is 81.0 cm³/mol. The maximum Gasteiger partial charge on any atom is 0.344 e. The van der Waals surface area contributed by atoms with Gasteiger partial charge < -0.3 is 9.84 Å². The van der Waals surface area contributed by atoms with Crippen molar-refractivity contribution in [3.63, 3.8) is 0 Å². The van der Waals surface area contributed by atoms with E-state index in [0.717, 1.165) is 4.90 Å². The predicted octanol–water partition coefficient (Wildman–Crippen LogP) is 2.37. The second-order valence-corrected chi connectivity index (χ2v) is 5.93. The summed E-state index contributed by atoms with van der Waals surface area (Å²) < 4.78 is 6.88. The first kappa shape index (κ1) is 15.7. The fraction of sp³-hybridized carbons (Fsp3) is 0.429. The Morgan fingerprint density at radius 2 is 2.10 bits per heavy atom. The van der Waals surface area contributed by atoms with Gasteiger partial charge in [-0.05, 0) is 44.7 Å². The first-order valence-electron chi connectivity index (χ1n) is 6.65. The molecule has 0 fully saturated rings. The lowest BCUT2D eigenvalue weighted by Crippen LogP contribution is -2.19. The fourth-order valence-electron chi connectivity index (χ4n) is 2.12. The number of methoxy groups -OCH3 is 1. The van der Waals surface area contributed by atoms with Crippen molar-refractivity contribution < 1.29 is 9.84 Å². The monoisotopic (exact) mass is 309 g/mol. The molecular weight excluding hydrogens is 290 g/mol. The number of nitrogens with zero attached hydrogens (tertiary/aromatic N) is 2. The van der Waals surface area contributed by atoms with Crippen LogP contribution >= 0.6 is 11.8 Å². The third kappa shape index (κ3) is 3.14. The van der Waals surface area contributed by atoms with Gasteiger partial charge in [-0.25, -0.2) is 9.89 Å². The fourth-order valence-corrected chi connectivity index (χ4v) is 3.33. The Morgan fingerprint density at radius 1 is 1.38 bits per heavy atom. The van der Waals surface area contributed by atoms with Crippen LogP contribution in [0.2, 0.25) is 0 Å². The average molecular weight is 309 g/mol. The molecule has 0 aliphatic carbocycles. The first-order chi connectivity index (χ1) is 9.95. The highest BCUT2D eigenvalue weighted by Crippen LogP contribution is 2.37. The number of hydrogen-bond acceptors (Lipinski definition) is 5. The normalized spacial score (nSPS) is 12.7. The summed E-state index contributed by atoms with van der Waals surface area (Å²) in [5.74, 6) is 0.615. The molecule has 1 atom stereocenters. The second kappa shape index (κ2) is 6.36. The van der Waals surface area contributed by atoms with Gasteiger partial charge in [-0.15, -0.1) is 5.10 Å². The van der Waals surface area contributed by atoms with E-state index in [0.29, 0.717) is 16.5 Å². The molecule has 21 heavy (non-hydrogen) atoms. The van der Waals surface area contributed by atoms with Gasteiger partial charge in [-0.1, -0.05) is 6.07 Å². The molecule has 0 saturated heterocycles. The van der Waals surface area contributed by atoms with Crippen molar-refractivity contribution in [2.45, 2.75) is 43.0 Å². The Hall–Kier alpha value is -1.73. The Kier molecular flexibility index (Phi) is 4.74. The SMILES string of the molecule is COc1cccc(Sc2n[nH]c(=O)n2C(C)C)c1C(C)O. The molecule has 0 aliphatic rings. The number of nitrogens with one attached hydrogen (secondary N) is 1. The molecule has 114 valence electrons. The Bertz CT molecular complexity index is 676. The number of aliphatic hydroxyl groups excluding tert-OH is 1. The number of ether oxygens (including phenoxy) is 1. The summed E-state index contributed by atoms with van der Waals surface area (Å²) in [6, 6.07) is 5.52. The largest absolute Gasteiger partial charge is 0.496 e. The molecule has 6 nitrogen and oxygen atoms in total. The number of benzene rings is 1. The third-order valence-corrected chi connectivity index (χ3v) is 4.10. The number of aliphatic hydroxyl groups is 1. The van der Waals surface area contributed by atoms with Gasteiger partial charge in [-0.3, -0.25) is 4.57 Å². The van der Waals surface area contributed by atoms with Crippen LogP contribution in [0.1, 0.15) is 38.5 Å². The van der Waals surface area contributed by atoms with E-state index in [1.54, 1.807) is 24.7 Å². The minimum Gasteiger partial charge on any atom is -0.496 e. The van der Waals surface area contributed by atoms with Crippen molar-refractivity contribution in [2.75, 3.05) is 7.11 Å². The summed E-state index contributed by atoms with van der Waals surface area (Å²) in [6.07, 6.45) is -0.679. The highest BCUT2D eigenvalue weighted by molar-refractivity contribution is 7.99. The Morgan fingerprint density at radius 3 is 2.67 bits per heavy atom. The molecule has 1 heterocycles. The van der Waals surface area contributed by atoms with Gasteiger partial charge in [0.2, 0.25) is 0 Å². The zero-order valence-electron chi connectivity index (χ0n) is 12.5. The zero-order chi connectivity index (χ0) is 15.6. The maximum absolute atomic E-state index is 11.8. The Balaban J connectivity index is 2.48. The molecule has 2 aromatic rings.